The van der Waals surface area contributed by atoms with Gasteiger partial charge in [-0.25, -0.2) is 14.0 Å². The third-order valence-electron chi connectivity index (χ3n) is 6.93. The van der Waals surface area contributed by atoms with Crippen molar-refractivity contribution in [2.75, 3.05) is 26.4 Å². The van der Waals surface area contributed by atoms with Crippen LogP contribution in [0.4, 0.5) is 4.39 Å². The Kier molecular flexibility index (Phi) is 12.7. The average Bonchev–Trinajstić information content (AvgIpc) is 3.00. The molecule has 0 fully saturated rings. The topological polar surface area (TPSA) is 82.1 Å². The first-order valence-electron chi connectivity index (χ1n) is 14.6. The zero-order valence-corrected chi connectivity index (χ0v) is 25.3. The quantitative estimate of drug-likeness (QED) is 0.108. The van der Waals surface area contributed by atoms with Crippen LogP contribution in [-0.2, 0) is 38.3 Å². The first-order valence-corrected chi connectivity index (χ1v) is 14.6. The third kappa shape index (κ3) is 9.38. The monoisotopic (exact) mass is 588 g/mol. The van der Waals surface area contributed by atoms with Crippen LogP contribution in [0.5, 0.6) is 5.75 Å². The molecule has 0 aromatic heterocycles. The summed E-state index contributed by atoms with van der Waals surface area (Å²) in [5.41, 5.74) is 6.38. The Morgan fingerprint density at radius 2 is 1.35 bits per heavy atom. The lowest BCUT2D eigenvalue weighted by Gasteiger charge is -2.18. The number of rotatable bonds is 16. The summed E-state index contributed by atoms with van der Waals surface area (Å²) >= 11 is 0. The SMILES string of the molecule is C=C(C)C(=O)OCCCc1ccc(-c2ccc(-c3ccc(CCCO)cc3CC)c(OCCOC(=O)C(=C)C)c2F)cc1. The average molecular weight is 589 g/mol. The highest BCUT2D eigenvalue weighted by atomic mass is 19.1. The standard InChI is InChI=1S/C36H41FO6/c1-6-28-23-27(9-7-19-38)13-16-30(28)32-18-17-31(33(37)34(32)41-21-22-43-36(40)25(4)5)29-14-11-26(12-15-29)10-8-20-42-35(39)24(2)3/h11-18,23,38H,2,4,6-10,19-22H2,1,3,5H3. The molecule has 0 saturated heterocycles. The molecule has 3 rings (SSSR count). The summed E-state index contributed by atoms with van der Waals surface area (Å²) in [6.45, 7) is 12.7. The van der Waals surface area contributed by atoms with Gasteiger partial charge in [-0.2, -0.15) is 0 Å². The lowest BCUT2D eigenvalue weighted by molar-refractivity contribution is -0.140. The highest BCUT2D eigenvalue weighted by molar-refractivity contribution is 5.87. The molecule has 0 aliphatic rings. The smallest absolute Gasteiger partial charge is 0.333 e. The molecule has 7 heteroatoms. The van der Waals surface area contributed by atoms with Crippen LogP contribution >= 0.6 is 0 Å². The van der Waals surface area contributed by atoms with Crippen molar-refractivity contribution >= 4 is 11.9 Å². The van der Waals surface area contributed by atoms with Gasteiger partial charge in [0.05, 0.1) is 6.61 Å². The fourth-order valence-corrected chi connectivity index (χ4v) is 4.59. The molecular weight excluding hydrogens is 547 g/mol. The van der Waals surface area contributed by atoms with Gasteiger partial charge in [-0.3, -0.25) is 0 Å². The Balaban J connectivity index is 1.88. The van der Waals surface area contributed by atoms with Crippen LogP contribution in [-0.4, -0.2) is 43.5 Å². The van der Waals surface area contributed by atoms with Crippen LogP contribution in [0, 0.1) is 5.82 Å². The zero-order valence-electron chi connectivity index (χ0n) is 25.3. The summed E-state index contributed by atoms with van der Waals surface area (Å²) in [5.74, 6) is -1.34. The van der Waals surface area contributed by atoms with E-state index in [1.54, 1.807) is 19.9 Å². The molecule has 0 heterocycles. The predicted molar refractivity (Wildman–Crippen MR) is 167 cm³/mol. The van der Waals surface area contributed by atoms with E-state index in [0.29, 0.717) is 48.1 Å². The Morgan fingerprint density at radius 3 is 1.98 bits per heavy atom. The fourth-order valence-electron chi connectivity index (χ4n) is 4.59. The molecule has 43 heavy (non-hydrogen) atoms. The van der Waals surface area contributed by atoms with Crippen LogP contribution in [0.1, 0.15) is 50.3 Å². The molecule has 3 aromatic rings. The first-order chi connectivity index (χ1) is 20.7. The maximum absolute atomic E-state index is 16.3. The molecule has 0 atom stereocenters. The molecule has 0 saturated carbocycles. The van der Waals surface area contributed by atoms with Crippen molar-refractivity contribution in [2.24, 2.45) is 0 Å². The third-order valence-corrected chi connectivity index (χ3v) is 6.93. The van der Waals surface area contributed by atoms with E-state index in [4.69, 9.17) is 14.2 Å². The van der Waals surface area contributed by atoms with Crippen LogP contribution in [0.2, 0.25) is 0 Å². The molecule has 3 aromatic carbocycles. The van der Waals surface area contributed by atoms with Crippen LogP contribution in [0.15, 0.2) is 78.9 Å². The van der Waals surface area contributed by atoms with E-state index in [0.717, 1.165) is 35.1 Å². The Bertz CT molecular complexity index is 1440. The molecular formula is C36H41FO6. The number of ether oxygens (including phenoxy) is 3. The van der Waals surface area contributed by atoms with Gasteiger partial charge in [0, 0.05) is 28.9 Å². The minimum absolute atomic E-state index is 0.0304. The summed E-state index contributed by atoms with van der Waals surface area (Å²) in [4.78, 5) is 23.4. The van der Waals surface area contributed by atoms with Crippen molar-refractivity contribution in [3.63, 3.8) is 0 Å². The zero-order chi connectivity index (χ0) is 31.4. The predicted octanol–water partition coefficient (Wildman–Crippen LogP) is 7.20. The van der Waals surface area contributed by atoms with E-state index < -0.39 is 17.8 Å². The highest BCUT2D eigenvalue weighted by Crippen LogP contribution is 2.40. The second-order valence-electron chi connectivity index (χ2n) is 10.5. The minimum atomic E-state index is -0.529. The maximum atomic E-state index is 16.3. The molecule has 6 nitrogen and oxygen atoms in total. The largest absolute Gasteiger partial charge is 0.486 e. The number of benzene rings is 3. The van der Waals surface area contributed by atoms with Gasteiger partial charge < -0.3 is 19.3 Å². The molecule has 0 radical (unpaired) electrons. The van der Waals surface area contributed by atoms with Gasteiger partial charge in [0.2, 0.25) is 0 Å². The van der Waals surface area contributed by atoms with Gasteiger partial charge in [-0.05, 0) is 79.8 Å². The highest BCUT2D eigenvalue weighted by Gasteiger charge is 2.20. The van der Waals surface area contributed by atoms with Crippen LogP contribution < -0.4 is 4.74 Å². The molecule has 0 spiro atoms. The van der Waals surface area contributed by atoms with Crippen molar-refractivity contribution < 1.29 is 33.3 Å². The number of hydrogen-bond acceptors (Lipinski definition) is 6. The van der Waals surface area contributed by atoms with Gasteiger partial charge in [0.15, 0.2) is 11.6 Å². The molecule has 0 amide bonds. The van der Waals surface area contributed by atoms with Gasteiger partial charge in [-0.15, -0.1) is 0 Å². The molecule has 0 aliphatic carbocycles. The van der Waals surface area contributed by atoms with Gasteiger partial charge in [0.1, 0.15) is 13.2 Å². The van der Waals surface area contributed by atoms with E-state index in [1.807, 2.05) is 49.4 Å². The number of esters is 2. The lowest BCUT2D eigenvalue weighted by atomic mass is 9.92. The fraction of sp³-hybridized carbons (Fsp3) is 0.333. The molecule has 1 N–H and O–H groups in total. The number of carbonyl (C=O) groups is 2. The van der Waals surface area contributed by atoms with Gasteiger partial charge >= 0.3 is 11.9 Å². The van der Waals surface area contributed by atoms with Gasteiger partial charge in [0.25, 0.3) is 0 Å². The number of aryl methyl sites for hydroxylation is 3. The van der Waals surface area contributed by atoms with E-state index in [-0.39, 0.29) is 31.1 Å². The molecule has 0 bridgehead atoms. The van der Waals surface area contributed by atoms with E-state index in [1.165, 1.54) is 0 Å². The lowest BCUT2D eigenvalue weighted by Crippen LogP contribution is -2.13. The minimum Gasteiger partial charge on any atom is -0.486 e. The second kappa shape index (κ2) is 16.4. The van der Waals surface area contributed by atoms with Crippen LogP contribution in [0.25, 0.3) is 22.3 Å². The van der Waals surface area contributed by atoms with Crippen molar-refractivity contribution in [3.05, 3.63) is 101 Å². The number of carbonyl (C=O) groups excluding carboxylic acids is 2. The van der Waals surface area contributed by atoms with E-state index >= 15 is 4.39 Å². The number of aliphatic hydroxyl groups excluding tert-OH is 1. The van der Waals surface area contributed by atoms with E-state index in [9.17, 15) is 14.7 Å². The van der Waals surface area contributed by atoms with Crippen molar-refractivity contribution in [3.8, 4) is 28.0 Å². The summed E-state index contributed by atoms with van der Waals surface area (Å²) in [7, 11) is 0. The summed E-state index contributed by atoms with van der Waals surface area (Å²) in [5, 5.41) is 9.23. The van der Waals surface area contributed by atoms with Crippen molar-refractivity contribution in [2.45, 2.75) is 52.9 Å². The number of hydrogen-bond donors (Lipinski definition) is 1. The summed E-state index contributed by atoms with van der Waals surface area (Å²) < 4.78 is 32.6. The summed E-state index contributed by atoms with van der Waals surface area (Å²) in [6, 6.07) is 17.3. The van der Waals surface area contributed by atoms with Crippen LogP contribution in [0.3, 0.4) is 0 Å². The first kappa shape index (κ1) is 33.3. The Hall–Kier alpha value is -4.23. The maximum Gasteiger partial charge on any atom is 0.333 e. The molecule has 228 valence electrons. The van der Waals surface area contributed by atoms with Crippen molar-refractivity contribution in [1.82, 2.24) is 0 Å². The Morgan fingerprint density at radius 1 is 0.767 bits per heavy atom. The van der Waals surface area contributed by atoms with E-state index in [2.05, 4.69) is 19.2 Å². The second-order valence-corrected chi connectivity index (χ2v) is 10.5. The molecule has 0 aliphatic heterocycles. The van der Waals surface area contributed by atoms with Crippen molar-refractivity contribution in [1.29, 1.82) is 0 Å². The number of aliphatic hydroxyl groups is 1. The number of halogens is 1. The normalized spacial score (nSPS) is 10.7. The molecule has 0 unspecified atom stereocenters. The van der Waals surface area contributed by atoms with Gasteiger partial charge in [-0.1, -0.05) is 68.6 Å². The summed E-state index contributed by atoms with van der Waals surface area (Å²) in [6.07, 6.45) is 3.52. The Labute approximate surface area is 253 Å².